The molecule has 0 aliphatic carbocycles. The number of amides is 1. The lowest BCUT2D eigenvalue weighted by atomic mass is 10.2. The van der Waals surface area contributed by atoms with Gasteiger partial charge in [0.15, 0.2) is 0 Å². The van der Waals surface area contributed by atoms with E-state index >= 15 is 0 Å². The number of hydrogen-bond donors (Lipinski definition) is 2. The van der Waals surface area contributed by atoms with Crippen LogP contribution < -0.4 is 10.6 Å². The van der Waals surface area contributed by atoms with Crippen molar-refractivity contribution >= 4 is 29.7 Å². The zero-order valence-corrected chi connectivity index (χ0v) is 15.1. The predicted octanol–water partition coefficient (Wildman–Crippen LogP) is 0.711. The van der Waals surface area contributed by atoms with Crippen LogP contribution in [0.15, 0.2) is 17.8 Å². The number of carbonyl (C=O) groups is 1. The van der Waals surface area contributed by atoms with Gasteiger partial charge in [-0.1, -0.05) is 0 Å². The van der Waals surface area contributed by atoms with Crippen molar-refractivity contribution in [3.8, 4) is 5.69 Å². The molecular weight excluding hydrogens is 395 g/mol. The van der Waals surface area contributed by atoms with Crippen LogP contribution in [-0.4, -0.2) is 76.0 Å². The van der Waals surface area contributed by atoms with Gasteiger partial charge in [-0.05, 0) is 21.9 Å². The second-order valence-electron chi connectivity index (χ2n) is 5.44. The van der Waals surface area contributed by atoms with Crippen LogP contribution in [0.25, 0.3) is 5.69 Å². The van der Waals surface area contributed by atoms with Crippen molar-refractivity contribution in [2.24, 2.45) is 0 Å². The minimum absolute atomic E-state index is 0. The normalized spacial score (nSPS) is 16.7. The highest BCUT2D eigenvalue weighted by molar-refractivity contribution is 7.12. The van der Waals surface area contributed by atoms with Gasteiger partial charge in [0.05, 0.1) is 5.69 Å². The van der Waals surface area contributed by atoms with Gasteiger partial charge in [0.25, 0.3) is 5.91 Å². The zero-order chi connectivity index (χ0) is 17.9. The Hall–Kier alpha value is -1.76. The molecule has 144 valence electrons. The Morgan fingerprint density at radius 2 is 2.12 bits per heavy atom. The van der Waals surface area contributed by atoms with Crippen LogP contribution in [0.3, 0.4) is 0 Å². The minimum atomic E-state index is -4.42. The Morgan fingerprint density at radius 3 is 2.73 bits per heavy atom. The van der Waals surface area contributed by atoms with Crippen LogP contribution in [0.5, 0.6) is 0 Å². The molecule has 1 unspecified atom stereocenters. The number of alkyl halides is 3. The third kappa shape index (κ3) is 4.69. The summed E-state index contributed by atoms with van der Waals surface area (Å²) in [5.41, 5.74) is 0.429. The van der Waals surface area contributed by atoms with Crippen LogP contribution in [-0.2, 0) is 0 Å². The molecule has 0 aromatic carbocycles. The topological polar surface area (TPSA) is 88.0 Å². The number of nitrogens with zero attached hydrogens (tertiary/aromatic N) is 5. The Morgan fingerprint density at radius 1 is 1.38 bits per heavy atom. The van der Waals surface area contributed by atoms with Crippen molar-refractivity contribution in [2.75, 3.05) is 32.7 Å². The molecule has 13 heteroatoms. The summed E-state index contributed by atoms with van der Waals surface area (Å²) < 4.78 is 41.4. The Labute approximate surface area is 157 Å². The quantitative estimate of drug-likeness (QED) is 0.753. The molecule has 3 rings (SSSR count). The fourth-order valence-corrected chi connectivity index (χ4v) is 3.43. The van der Waals surface area contributed by atoms with Crippen molar-refractivity contribution in [3.63, 3.8) is 0 Å². The molecule has 1 fully saturated rings. The van der Waals surface area contributed by atoms with E-state index in [1.54, 1.807) is 11.4 Å². The van der Waals surface area contributed by atoms with Gasteiger partial charge in [-0.2, -0.15) is 17.9 Å². The summed E-state index contributed by atoms with van der Waals surface area (Å²) in [6.07, 6.45) is -3.10. The first kappa shape index (κ1) is 20.6. The molecule has 1 aliphatic rings. The summed E-state index contributed by atoms with van der Waals surface area (Å²) in [4.78, 5) is 14.0. The molecule has 0 bridgehead atoms. The summed E-state index contributed by atoms with van der Waals surface area (Å²) in [5.74, 6) is -0.579. The van der Waals surface area contributed by atoms with Gasteiger partial charge < -0.3 is 10.6 Å². The molecule has 3 heterocycles. The van der Waals surface area contributed by atoms with E-state index in [1.165, 1.54) is 15.9 Å². The van der Waals surface area contributed by atoms with Gasteiger partial charge in [0, 0.05) is 32.7 Å². The fraction of sp³-hybridized carbons (Fsp3) is 0.538. The fourth-order valence-electron chi connectivity index (χ4n) is 2.64. The van der Waals surface area contributed by atoms with Gasteiger partial charge in [-0.25, -0.2) is 0 Å². The predicted molar refractivity (Wildman–Crippen MR) is 90.9 cm³/mol. The van der Waals surface area contributed by atoms with Crippen LogP contribution in [0, 0.1) is 0 Å². The Balaban J connectivity index is 0.00000243. The van der Waals surface area contributed by atoms with Crippen molar-refractivity contribution < 1.29 is 18.0 Å². The summed E-state index contributed by atoms with van der Waals surface area (Å²) in [6, 6.07) is -0.0805. The highest BCUT2D eigenvalue weighted by atomic mass is 35.5. The molecular formula is C13H17ClF3N7OS. The number of tetrazole rings is 1. The van der Waals surface area contributed by atoms with Crippen molar-refractivity contribution in [2.45, 2.75) is 12.2 Å². The SMILES string of the molecule is Cl.O=C(NCC(N1CCNCC1)C(F)(F)F)c1sccc1-n1cnnn1. The summed E-state index contributed by atoms with van der Waals surface area (Å²) in [5, 5.41) is 17.7. The van der Waals surface area contributed by atoms with Gasteiger partial charge >= 0.3 is 6.18 Å². The maximum atomic E-state index is 13.4. The molecule has 0 spiro atoms. The molecule has 26 heavy (non-hydrogen) atoms. The average molecular weight is 412 g/mol. The van der Waals surface area contributed by atoms with E-state index in [4.69, 9.17) is 0 Å². The Bertz CT molecular complexity index is 703. The standard InChI is InChI=1S/C13H16F3N7OS.ClH/c14-13(15,16)10(22-4-2-17-3-5-22)7-18-12(24)11-9(1-6-25-11)23-8-19-20-21-23;/h1,6,8,10,17H,2-5,7H2,(H,18,24);1H. The monoisotopic (exact) mass is 411 g/mol. The average Bonchev–Trinajstić information content (AvgIpc) is 3.25. The molecule has 1 amide bonds. The summed E-state index contributed by atoms with van der Waals surface area (Å²) >= 11 is 1.12. The maximum Gasteiger partial charge on any atom is 0.405 e. The number of carbonyl (C=O) groups excluding carboxylic acids is 1. The third-order valence-corrected chi connectivity index (χ3v) is 4.78. The van der Waals surface area contributed by atoms with E-state index in [2.05, 4.69) is 26.2 Å². The van der Waals surface area contributed by atoms with Crippen LogP contribution in [0.2, 0.25) is 0 Å². The number of rotatable bonds is 5. The number of thiophene rings is 1. The lowest BCUT2D eigenvalue weighted by Gasteiger charge is -2.35. The highest BCUT2D eigenvalue weighted by Crippen LogP contribution is 2.25. The molecule has 1 atom stereocenters. The number of halogens is 4. The Kier molecular flexibility index (Phi) is 6.92. The summed E-state index contributed by atoms with van der Waals surface area (Å²) in [6.45, 7) is 1.06. The molecule has 1 aliphatic heterocycles. The highest BCUT2D eigenvalue weighted by Gasteiger charge is 2.43. The molecule has 2 aromatic rings. The maximum absolute atomic E-state index is 13.4. The van der Waals surface area contributed by atoms with E-state index in [1.807, 2.05) is 0 Å². The number of aromatic nitrogens is 4. The first-order valence-corrected chi connectivity index (χ1v) is 8.45. The van der Waals surface area contributed by atoms with Crippen LogP contribution in [0.4, 0.5) is 13.2 Å². The largest absolute Gasteiger partial charge is 0.405 e. The lowest BCUT2D eigenvalue weighted by Crippen LogP contribution is -2.57. The smallest absolute Gasteiger partial charge is 0.349 e. The summed E-state index contributed by atoms with van der Waals surface area (Å²) in [7, 11) is 0. The third-order valence-electron chi connectivity index (χ3n) is 3.87. The van der Waals surface area contributed by atoms with Crippen molar-refractivity contribution in [1.82, 2.24) is 35.7 Å². The number of nitrogens with one attached hydrogen (secondary N) is 2. The molecule has 8 nitrogen and oxygen atoms in total. The molecule has 2 aromatic heterocycles. The molecule has 0 saturated carbocycles. The molecule has 0 radical (unpaired) electrons. The first-order valence-electron chi connectivity index (χ1n) is 7.57. The van der Waals surface area contributed by atoms with Crippen LogP contribution >= 0.6 is 23.7 Å². The van der Waals surface area contributed by atoms with E-state index in [0.717, 1.165) is 11.3 Å². The van der Waals surface area contributed by atoms with E-state index in [-0.39, 0.29) is 30.4 Å². The van der Waals surface area contributed by atoms with E-state index < -0.39 is 24.7 Å². The first-order chi connectivity index (χ1) is 12.0. The second kappa shape index (κ2) is 8.75. The minimum Gasteiger partial charge on any atom is -0.349 e. The van der Waals surface area contributed by atoms with E-state index in [0.29, 0.717) is 18.8 Å². The second-order valence-corrected chi connectivity index (χ2v) is 6.36. The van der Waals surface area contributed by atoms with Gasteiger partial charge in [0.2, 0.25) is 0 Å². The number of piperazine rings is 1. The molecule has 2 N–H and O–H groups in total. The van der Waals surface area contributed by atoms with Gasteiger partial charge in [-0.3, -0.25) is 9.69 Å². The van der Waals surface area contributed by atoms with Gasteiger partial charge in [0.1, 0.15) is 17.2 Å². The number of hydrogen-bond acceptors (Lipinski definition) is 7. The van der Waals surface area contributed by atoms with Crippen molar-refractivity contribution in [3.05, 3.63) is 22.7 Å². The van der Waals surface area contributed by atoms with Gasteiger partial charge in [-0.15, -0.1) is 28.8 Å². The lowest BCUT2D eigenvalue weighted by molar-refractivity contribution is -0.183. The van der Waals surface area contributed by atoms with Crippen LogP contribution in [0.1, 0.15) is 9.67 Å². The van der Waals surface area contributed by atoms with E-state index in [9.17, 15) is 18.0 Å². The molecule has 1 saturated heterocycles. The van der Waals surface area contributed by atoms with Crippen molar-refractivity contribution in [1.29, 1.82) is 0 Å². The zero-order valence-electron chi connectivity index (χ0n) is 13.4.